The van der Waals surface area contributed by atoms with Gasteiger partial charge in [-0.2, -0.15) is 10.2 Å². The maximum absolute atomic E-state index is 13.3. The van der Waals surface area contributed by atoms with Crippen LogP contribution in [-0.4, -0.2) is 41.5 Å². The van der Waals surface area contributed by atoms with Crippen molar-refractivity contribution in [2.45, 2.75) is 39.8 Å². The average molecular weight is 632 g/mol. The van der Waals surface area contributed by atoms with Gasteiger partial charge in [0.15, 0.2) is 0 Å². The SMILES string of the molecule is CCc1cn2nc(-c3cccc(-c4cccc(-c5cc6c(=O)n(CCN)c(CC)cn6n5)c4Cl)c3Cl)cc2c(=O)n1CCN. The first kappa shape index (κ1) is 29.8. The van der Waals surface area contributed by atoms with Gasteiger partial charge in [0.1, 0.15) is 11.0 Å². The Balaban J connectivity index is 1.45. The summed E-state index contributed by atoms with van der Waals surface area (Å²) >= 11 is 14.1. The van der Waals surface area contributed by atoms with Gasteiger partial charge >= 0.3 is 0 Å². The number of halogens is 2. The van der Waals surface area contributed by atoms with Crippen molar-refractivity contribution in [1.82, 2.24) is 28.4 Å². The van der Waals surface area contributed by atoms with Crippen LogP contribution >= 0.6 is 23.2 Å². The fraction of sp³-hybridized carbons (Fsp3) is 0.250. The largest absolute Gasteiger partial charge is 0.329 e. The van der Waals surface area contributed by atoms with Crippen LogP contribution in [0.1, 0.15) is 25.2 Å². The zero-order valence-electron chi connectivity index (χ0n) is 24.4. The minimum atomic E-state index is -0.148. The number of benzene rings is 2. The van der Waals surface area contributed by atoms with E-state index in [2.05, 4.69) is 0 Å². The fourth-order valence-electron chi connectivity index (χ4n) is 5.72. The number of aromatic nitrogens is 6. The van der Waals surface area contributed by atoms with E-state index >= 15 is 0 Å². The summed E-state index contributed by atoms with van der Waals surface area (Å²) in [6.07, 6.45) is 5.05. The Morgan fingerprint density at radius 1 is 0.659 bits per heavy atom. The van der Waals surface area contributed by atoms with Crippen molar-refractivity contribution in [3.63, 3.8) is 0 Å². The van der Waals surface area contributed by atoms with Crippen LogP contribution in [0.15, 0.2) is 70.5 Å². The van der Waals surface area contributed by atoms with Gasteiger partial charge in [0.2, 0.25) is 0 Å². The molecule has 0 bridgehead atoms. The monoisotopic (exact) mass is 630 g/mol. The smallest absolute Gasteiger partial charge is 0.276 e. The Hall–Kier alpha value is -4.22. The second-order valence-corrected chi connectivity index (χ2v) is 11.2. The molecule has 0 saturated heterocycles. The first-order valence-corrected chi connectivity index (χ1v) is 15.3. The molecule has 44 heavy (non-hydrogen) atoms. The summed E-state index contributed by atoms with van der Waals surface area (Å²) in [7, 11) is 0. The fourth-order valence-corrected chi connectivity index (χ4v) is 6.37. The van der Waals surface area contributed by atoms with Crippen LogP contribution in [0.5, 0.6) is 0 Å². The van der Waals surface area contributed by atoms with Gasteiger partial charge in [-0.05, 0) is 25.0 Å². The number of hydrogen-bond donors (Lipinski definition) is 2. The number of nitrogens with zero attached hydrogens (tertiary/aromatic N) is 6. The maximum Gasteiger partial charge on any atom is 0.276 e. The van der Waals surface area contributed by atoms with Crippen LogP contribution in [0, 0.1) is 0 Å². The molecule has 0 amide bonds. The van der Waals surface area contributed by atoms with Crippen LogP contribution in [0.4, 0.5) is 0 Å². The quantitative estimate of drug-likeness (QED) is 0.239. The Morgan fingerprint density at radius 3 is 1.41 bits per heavy atom. The summed E-state index contributed by atoms with van der Waals surface area (Å²) in [5.74, 6) is 0. The average Bonchev–Trinajstić information content (AvgIpc) is 3.65. The van der Waals surface area contributed by atoms with Crippen molar-refractivity contribution in [2.24, 2.45) is 11.5 Å². The van der Waals surface area contributed by atoms with Gasteiger partial charge in [-0.1, -0.05) is 73.4 Å². The standard InChI is InChI=1S/C32H32Cl2N8O2/c1-3-19-17-41-27(31(43)39(19)13-11-35)15-25(37-41)23-9-5-7-21(29(23)33)22-8-6-10-24(30(22)34)26-16-28-32(44)40(14-12-36)20(4-2)18-42(28)38-26/h5-10,15-18H,3-4,11-14,35-36H2,1-2H3. The lowest BCUT2D eigenvalue weighted by molar-refractivity contribution is 0.636. The maximum atomic E-state index is 13.3. The topological polar surface area (TPSA) is 131 Å². The van der Waals surface area contributed by atoms with Gasteiger partial charge < -0.3 is 20.6 Å². The van der Waals surface area contributed by atoms with Crippen LogP contribution < -0.4 is 22.6 Å². The normalized spacial score (nSPS) is 11.7. The number of aryl methyl sites for hydroxylation is 2. The highest BCUT2D eigenvalue weighted by Gasteiger charge is 2.20. The van der Waals surface area contributed by atoms with E-state index in [1.807, 2.05) is 62.6 Å². The van der Waals surface area contributed by atoms with Crippen LogP contribution in [0.25, 0.3) is 44.7 Å². The lowest BCUT2D eigenvalue weighted by atomic mass is 9.98. The molecule has 4 aromatic heterocycles. The first-order chi connectivity index (χ1) is 21.3. The molecule has 0 aliphatic carbocycles. The van der Waals surface area contributed by atoms with Crippen LogP contribution in [-0.2, 0) is 25.9 Å². The van der Waals surface area contributed by atoms with Gasteiger partial charge in [0.05, 0.1) is 21.4 Å². The number of fused-ring (bicyclic) bond motifs is 2. The number of nitrogens with two attached hydrogens (primary N) is 2. The lowest BCUT2D eigenvalue weighted by Crippen LogP contribution is -2.28. The van der Waals surface area contributed by atoms with Crippen molar-refractivity contribution in [2.75, 3.05) is 13.1 Å². The molecule has 0 unspecified atom stereocenters. The van der Waals surface area contributed by atoms with Gasteiger partial charge in [0.25, 0.3) is 11.1 Å². The van der Waals surface area contributed by atoms with E-state index in [1.54, 1.807) is 30.3 Å². The molecule has 6 aromatic rings. The molecule has 0 aliphatic heterocycles. The minimum Gasteiger partial charge on any atom is -0.329 e. The van der Waals surface area contributed by atoms with E-state index in [1.165, 1.54) is 0 Å². The molecule has 6 rings (SSSR count). The summed E-state index contributed by atoms with van der Waals surface area (Å²) < 4.78 is 6.60. The molecule has 4 heterocycles. The van der Waals surface area contributed by atoms with Crippen molar-refractivity contribution >= 4 is 34.2 Å². The molecule has 0 atom stereocenters. The Labute approximate surface area is 263 Å². The van der Waals surface area contributed by atoms with Gasteiger partial charge in [0, 0.05) is 72.2 Å². The molecule has 0 radical (unpaired) electrons. The second kappa shape index (κ2) is 12.0. The van der Waals surface area contributed by atoms with Crippen LogP contribution in [0.2, 0.25) is 10.0 Å². The molecule has 12 heteroatoms. The third kappa shape index (κ3) is 4.93. The zero-order chi connectivity index (χ0) is 31.1. The number of hydrogen-bond acceptors (Lipinski definition) is 6. The zero-order valence-corrected chi connectivity index (χ0v) is 25.9. The molecule has 2 aromatic carbocycles. The number of rotatable bonds is 9. The van der Waals surface area contributed by atoms with Crippen molar-refractivity contribution in [3.8, 4) is 33.6 Å². The van der Waals surface area contributed by atoms with E-state index in [0.29, 0.717) is 93.7 Å². The predicted octanol–water partition coefficient (Wildman–Crippen LogP) is 4.66. The minimum absolute atomic E-state index is 0.148. The van der Waals surface area contributed by atoms with E-state index in [9.17, 15) is 9.59 Å². The van der Waals surface area contributed by atoms with Gasteiger partial charge in [-0.25, -0.2) is 9.03 Å². The highest BCUT2D eigenvalue weighted by molar-refractivity contribution is 6.39. The molecule has 226 valence electrons. The van der Waals surface area contributed by atoms with Gasteiger partial charge in [-0.3, -0.25) is 9.59 Å². The summed E-state index contributed by atoms with van der Waals surface area (Å²) in [5.41, 5.74) is 17.7. The Kier molecular flexibility index (Phi) is 8.17. The third-order valence-corrected chi connectivity index (χ3v) is 8.72. The van der Waals surface area contributed by atoms with Crippen molar-refractivity contribution < 1.29 is 0 Å². The molecule has 0 aliphatic rings. The molecule has 4 N–H and O–H groups in total. The molecular formula is C32H32Cl2N8O2. The van der Waals surface area contributed by atoms with Crippen molar-refractivity contribution in [1.29, 1.82) is 0 Å². The Morgan fingerprint density at radius 2 is 1.05 bits per heavy atom. The highest BCUT2D eigenvalue weighted by atomic mass is 35.5. The summed E-state index contributed by atoms with van der Waals surface area (Å²) in [4.78, 5) is 26.5. The lowest BCUT2D eigenvalue weighted by Gasteiger charge is -2.12. The van der Waals surface area contributed by atoms with Crippen LogP contribution in [0.3, 0.4) is 0 Å². The van der Waals surface area contributed by atoms with E-state index < -0.39 is 0 Å². The van der Waals surface area contributed by atoms with Gasteiger partial charge in [-0.15, -0.1) is 0 Å². The first-order valence-electron chi connectivity index (χ1n) is 14.5. The van der Waals surface area contributed by atoms with E-state index in [4.69, 9.17) is 44.9 Å². The second-order valence-electron chi connectivity index (χ2n) is 10.5. The predicted molar refractivity (Wildman–Crippen MR) is 176 cm³/mol. The Bertz CT molecular complexity index is 2010. The van der Waals surface area contributed by atoms with E-state index in [-0.39, 0.29) is 11.1 Å². The molecular weight excluding hydrogens is 599 g/mol. The highest BCUT2D eigenvalue weighted by Crippen LogP contribution is 2.42. The summed E-state index contributed by atoms with van der Waals surface area (Å²) in [6, 6.07) is 14.8. The van der Waals surface area contributed by atoms with E-state index in [0.717, 1.165) is 11.4 Å². The molecule has 0 fully saturated rings. The third-order valence-electron chi connectivity index (χ3n) is 7.91. The summed E-state index contributed by atoms with van der Waals surface area (Å²) in [5, 5.41) is 10.3. The van der Waals surface area contributed by atoms with Crippen molar-refractivity contribution in [3.05, 3.63) is 103 Å². The summed E-state index contributed by atoms with van der Waals surface area (Å²) in [6.45, 7) is 5.56. The molecule has 10 nitrogen and oxygen atoms in total. The molecule has 0 spiro atoms. The molecule has 0 saturated carbocycles.